The molecule has 10 heteroatoms. The third-order valence-corrected chi connectivity index (χ3v) is 7.50. The van der Waals surface area contributed by atoms with Crippen molar-refractivity contribution in [2.45, 2.75) is 70.9 Å². The smallest absolute Gasteiger partial charge is 0.326 e. The van der Waals surface area contributed by atoms with Crippen LogP contribution in [-0.4, -0.2) is 61.4 Å². The number of aliphatic carboxylic acids is 1. The van der Waals surface area contributed by atoms with Crippen LogP contribution in [0.2, 0.25) is 0 Å². The van der Waals surface area contributed by atoms with Gasteiger partial charge in [-0.15, -0.1) is 0 Å². The van der Waals surface area contributed by atoms with Gasteiger partial charge in [0, 0.05) is 19.0 Å². The van der Waals surface area contributed by atoms with Crippen molar-refractivity contribution >= 4 is 27.8 Å². The van der Waals surface area contributed by atoms with E-state index in [0.29, 0.717) is 32.4 Å². The minimum absolute atomic E-state index is 0.0984. The average molecular weight is 496 g/mol. The lowest BCUT2D eigenvalue weighted by Gasteiger charge is -2.35. The fourth-order valence-corrected chi connectivity index (χ4v) is 5.30. The van der Waals surface area contributed by atoms with Crippen molar-refractivity contribution in [1.82, 2.24) is 14.9 Å². The van der Waals surface area contributed by atoms with Crippen LogP contribution in [0, 0.1) is 24.7 Å². The number of carbonyl (C=O) groups excluding carboxylic acids is 2. The molecule has 190 valence electrons. The lowest BCUT2D eigenvalue weighted by atomic mass is 9.93. The summed E-state index contributed by atoms with van der Waals surface area (Å²) in [5.41, 5.74) is 0.932. The fourth-order valence-electron chi connectivity index (χ4n) is 3.97. The first-order chi connectivity index (χ1) is 15.8. The second-order valence-electron chi connectivity index (χ2n) is 9.78. The number of benzene rings is 1. The largest absolute Gasteiger partial charge is 0.480 e. The summed E-state index contributed by atoms with van der Waals surface area (Å²) in [7, 11) is -3.88. The third kappa shape index (κ3) is 7.53. The lowest BCUT2D eigenvalue weighted by Crippen LogP contribution is -2.54. The van der Waals surface area contributed by atoms with Gasteiger partial charge < -0.3 is 15.3 Å². The topological polar surface area (TPSA) is 133 Å². The number of carboxylic acid groups (broad SMARTS) is 1. The monoisotopic (exact) mass is 495 g/mol. The van der Waals surface area contributed by atoms with E-state index in [-0.39, 0.29) is 34.5 Å². The molecule has 2 atom stereocenters. The number of sulfonamides is 1. The lowest BCUT2D eigenvalue weighted by molar-refractivity contribution is -0.143. The summed E-state index contributed by atoms with van der Waals surface area (Å²) < 4.78 is 28.2. The second-order valence-corrected chi connectivity index (χ2v) is 11.5. The van der Waals surface area contributed by atoms with E-state index in [4.69, 9.17) is 0 Å². The first-order valence-electron chi connectivity index (χ1n) is 11.7. The second kappa shape index (κ2) is 11.8. The Morgan fingerprint density at radius 1 is 1.06 bits per heavy atom. The molecule has 2 amide bonds. The van der Waals surface area contributed by atoms with Crippen molar-refractivity contribution in [2.24, 2.45) is 17.8 Å². The molecule has 1 aliphatic heterocycles. The van der Waals surface area contributed by atoms with Crippen LogP contribution in [-0.2, 0) is 24.4 Å². The Morgan fingerprint density at radius 2 is 1.62 bits per heavy atom. The van der Waals surface area contributed by atoms with Crippen LogP contribution in [0.25, 0.3) is 0 Å². The number of carbonyl (C=O) groups is 3. The number of rotatable bonds is 10. The molecule has 1 saturated heterocycles. The first-order valence-corrected chi connectivity index (χ1v) is 13.2. The van der Waals surface area contributed by atoms with Gasteiger partial charge in [-0.2, -0.15) is 4.72 Å². The zero-order chi connectivity index (χ0) is 25.6. The van der Waals surface area contributed by atoms with E-state index < -0.39 is 28.1 Å². The van der Waals surface area contributed by atoms with Crippen molar-refractivity contribution in [2.75, 3.05) is 13.1 Å². The molecule has 0 spiro atoms. The van der Waals surface area contributed by atoms with Crippen LogP contribution < -0.4 is 10.0 Å². The molecule has 0 radical (unpaired) electrons. The maximum atomic E-state index is 13.2. The summed E-state index contributed by atoms with van der Waals surface area (Å²) >= 11 is 0. The number of hydrogen-bond donors (Lipinski definition) is 3. The number of likely N-dealkylation sites (tertiary alicyclic amines) is 1. The van der Waals surface area contributed by atoms with Gasteiger partial charge in [-0.25, -0.2) is 13.2 Å². The van der Waals surface area contributed by atoms with Gasteiger partial charge >= 0.3 is 5.97 Å². The quantitative estimate of drug-likeness (QED) is 0.456. The van der Waals surface area contributed by atoms with Crippen molar-refractivity contribution < 1.29 is 27.9 Å². The van der Waals surface area contributed by atoms with Gasteiger partial charge in [0.05, 0.1) is 4.90 Å². The van der Waals surface area contributed by atoms with Gasteiger partial charge in [-0.1, -0.05) is 45.4 Å². The van der Waals surface area contributed by atoms with Crippen LogP contribution in [0.5, 0.6) is 0 Å². The van der Waals surface area contributed by atoms with E-state index in [1.54, 1.807) is 30.9 Å². The fraction of sp³-hybridized carbons (Fsp3) is 0.625. The number of nitrogens with zero attached hydrogens (tertiary/aromatic N) is 1. The van der Waals surface area contributed by atoms with E-state index in [9.17, 15) is 27.9 Å². The molecule has 0 saturated carbocycles. The minimum atomic E-state index is -3.88. The Hall–Kier alpha value is -2.46. The molecule has 34 heavy (non-hydrogen) atoms. The highest BCUT2D eigenvalue weighted by Gasteiger charge is 2.35. The van der Waals surface area contributed by atoms with Crippen molar-refractivity contribution in [1.29, 1.82) is 0 Å². The average Bonchev–Trinajstić information content (AvgIpc) is 2.76. The molecule has 9 nitrogen and oxygen atoms in total. The SMILES string of the molecule is Cc1ccc(S(=O)(=O)N[C@@H](C(=O)N2CCC(C(=O)N[C@@H](CC(C)C)C(=O)O)CC2)C(C)C)cc1. The van der Waals surface area contributed by atoms with Gasteiger partial charge in [0.25, 0.3) is 0 Å². The molecule has 0 aromatic heterocycles. The van der Waals surface area contributed by atoms with Crippen LogP contribution in [0.3, 0.4) is 0 Å². The Labute approximate surface area is 202 Å². The Morgan fingerprint density at radius 3 is 2.09 bits per heavy atom. The molecule has 1 fully saturated rings. The predicted molar refractivity (Wildman–Crippen MR) is 128 cm³/mol. The van der Waals surface area contributed by atoms with Crippen molar-refractivity contribution in [3.05, 3.63) is 29.8 Å². The van der Waals surface area contributed by atoms with Crippen LogP contribution in [0.1, 0.15) is 52.5 Å². The molecule has 2 rings (SSSR count). The number of carboxylic acids is 1. The molecule has 3 N–H and O–H groups in total. The van der Waals surface area contributed by atoms with Gasteiger partial charge in [0.1, 0.15) is 12.1 Å². The van der Waals surface area contributed by atoms with E-state index in [0.717, 1.165) is 5.56 Å². The summed E-state index contributed by atoms with van der Waals surface area (Å²) in [5.74, 6) is -2.25. The van der Waals surface area contributed by atoms with Gasteiger partial charge in [-0.3, -0.25) is 9.59 Å². The zero-order valence-corrected chi connectivity index (χ0v) is 21.4. The standard InChI is InChI=1S/C24H37N3O6S/c1-15(2)14-20(24(30)31)25-22(28)18-10-12-27(13-11-18)23(29)21(16(3)4)26-34(32,33)19-8-6-17(5)7-9-19/h6-9,15-16,18,20-21,26H,10-14H2,1-5H3,(H,25,28)(H,30,31)/t20-,21+/m0/s1. The summed E-state index contributed by atoms with van der Waals surface area (Å²) in [6, 6.07) is 4.55. The molecular formula is C24H37N3O6S. The van der Waals surface area contributed by atoms with Crippen molar-refractivity contribution in [3.63, 3.8) is 0 Å². The first kappa shape index (κ1) is 27.8. The number of piperidine rings is 1. The maximum absolute atomic E-state index is 13.2. The Kier molecular flexibility index (Phi) is 9.64. The molecule has 1 aromatic rings. The van der Waals surface area contributed by atoms with Crippen LogP contribution in [0.15, 0.2) is 29.2 Å². The van der Waals surface area contributed by atoms with Gasteiger partial charge in [0.15, 0.2) is 0 Å². The molecular weight excluding hydrogens is 458 g/mol. The summed E-state index contributed by atoms with van der Waals surface area (Å²) in [6.07, 6.45) is 1.12. The zero-order valence-electron chi connectivity index (χ0n) is 20.6. The summed E-state index contributed by atoms with van der Waals surface area (Å²) in [5, 5.41) is 12.0. The van der Waals surface area contributed by atoms with E-state index in [1.807, 2.05) is 20.8 Å². The van der Waals surface area contributed by atoms with Crippen molar-refractivity contribution in [3.8, 4) is 0 Å². The number of amides is 2. The van der Waals surface area contributed by atoms with E-state index >= 15 is 0 Å². The Balaban J connectivity index is 2.01. The van der Waals surface area contributed by atoms with Gasteiger partial charge in [0.2, 0.25) is 21.8 Å². The third-order valence-electron chi connectivity index (χ3n) is 6.05. The summed E-state index contributed by atoms with van der Waals surface area (Å²) in [4.78, 5) is 38.9. The predicted octanol–water partition coefficient (Wildman–Crippen LogP) is 2.15. The normalized spacial score (nSPS) is 17.0. The molecule has 0 aliphatic carbocycles. The highest BCUT2D eigenvalue weighted by atomic mass is 32.2. The molecule has 0 bridgehead atoms. The Bertz CT molecular complexity index is 967. The maximum Gasteiger partial charge on any atom is 0.326 e. The molecule has 1 heterocycles. The minimum Gasteiger partial charge on any atom is -0.480 e. The number of nitrogens with one attached hydrogen (secondary N) is 2. The number of hydrogen-bond acceptors (Lipinski definition) is 5. The van der Waals surface area contributed by atoms with E-state index in [1.165, 1.54) is 12.1 Å². The van der Waals surface area contributed by atoms with Gasteiger partial charge in [-0.05, 0) is 50.2 Å². The summed E-state index contributed by atoms with van der Waals surface area (Å²) in [6.45, 7) is 9.81. The van der Waals surface area contributed by atoms with E-state index in [2.05, 4.69) is 10.0 Å². The highest BCUT2D eigenvalue weighted by molar-refractivity contribution is 7.89. The molecule has 1 aromatic carbocycles. The van der Waals surface area contributed by atoms with Crippen LogP contribution in [0.4, 0.5) is 0 Å². The highest BCUT2D eigenvalue weighted by Crippen LogP contribution is 2.21. The van der Waals surface area contributed by atoms with Crippen LogP contribution >= 0.6 is 0 Å². The molecule has 1 aliphatic rings. The number of aryl methyl sites for hydroxylation is 1. The molecule has 0 unspecified atom stereocenters.